The number of sulfonamides is 1. The Kier molecular flexibility index (Phi) is 7.78. The van der Waals surface area contributed by atoms with E-state index in [0.29, 0.717) is 0 Å². The van der Waals surface area contributed by atoms with Gasteiger partial charge in [-0.2, -0.15) is 5.48 Å². The van der Waals surface area contributed by atoms with Crippen molar-refractivity contribution in [2.24, 2.45) is 5.92 Å². The van der Waals surface area contributed by atoms with Crippen molar-refractivity contribution in [3.63, 3.8) is 0 Å². The highest BCUT2D eigenvalue weighted by molar-refractivity contribution is 7.99. The van der Waals surface area contributed by atoms with Crippen molar-refractivity contribution in [1.29, 1.82) is 0 Å². The van der Waals surface area contributed by atoms with E-state index in [1.807, 2.05) is 5.48 Å². The second-order valence-electron chi connectivity index (χ2n) is 6.00. The lowest BCUT2D eigenvalue weighted by Crippen LogP contribution is -2.31. The van der Waals surface area contributed by atoms with E-state index in [-0.39, 0.29) is 22.1 Å². The molecule has 1 amide bonds. The van der Waals surface area contributed by atoms with Gasteiger partial charge in [-0.3, -0.25) is 4.79 Å². The molecule has 6 nitrogen and oxygen atoms in total. The SMILES string of the molecule is CC(C)C(=O)NOc1c(F)cc(SCCNS(=O)(=O)c2ccccc2)cc1F. The van der Waals surface area contributed by atoms with Crippen molar-refractivity contribution in [2.45, 2.75) is 23.6 Å². The smallest absolute Gasteiger partial charge is 0.255 e. The van der Waals surface area contributed by atoms with Crippen LogP contribution in [0.4, 0.5) is 8.78 Å². The van der Waals surface area contributed by atoms with Crippen LogP contribution >= 0.6 is 11.8 Å². The topological polar surface area (TPSA) is 84.5 Å². The molecule has 0 aliphatic carbocycles. The van der Waals surface area contributed by atoms with Crippen LogP contribution in [-0.4, -0.2) is 26.6 Å². The van der Waals surface area contributed by atoms with E-state index in [1.54, 1.807) is 32.0 Å². The summed E-state index contributed by atoms with van der Waals surface area (Å²) in [5, 5.41) is 0. The summed E-state index contributed by atoms with van der Waals surface area (Å²) >= 11 is 1.07. The molecule has 0 aromatic heterocycles. The first-order valence-electron chi connectivity index (χ1n) is 8.34. The molecule has 0 spiro atoms. The molecule has 0 aliphatic rings. The molecule has 0 heterocycles. The van der Waals surface area contributed by atoms with Crippen molar-refractivity contribution in [3.05, 3.63) is 54.1 Å². The normalized spacial score (nSPS) is 11.5. The maximum Gasteiger partial charge on any atom is 0.255 e. The lowest BCUT2D eigenvalue weighted by atomic mass is 10.2. The average Bonchev–Trinajstić information content (AvgIpc) is 2.65. The molecule has 0 unspecified atom stereocenters. The Bertz CT molecular complexity index is 899. The second-order valence-corrected chi connectivity index (χ2v) is 8.93. The van der Waals surface area contributed by atoms with Crippen molar-refractivity contribution >= 4 is 27.7 Å². The summed E-state index contributed by atoms with van der Waals surface area (Å²) in [7, 11) is -3.63. The molecule has 0 fully saturated rings. The molecular formula is C18H20F2N2O4S2. The highest BCUT2D eigenvalue weighted by Gasteiger charge is 2.17. The first-order valence-corrected chi connectivity index (χ1v) is 10.8. The minimum absolute atomic E-state index is 0.0772. The first kappa shape index (κ1) is 22.1. The standard InChI is InChI=1S/C18H20F2N2O4S2/c1-12(2)18(23)22-26-17-15(19)10-13(11-16(17)20)27-9-8-21-28(24,25)14-6-4-3-5-7-14/h3-7,10-12,21H,8-9H2,1-2H3,(H,22,23). The zero-order valence-electron chi connectivity index (χ0n) is 15.2. The van der Waals surface area contributed by atoms with Gasteiger partial charge in [-0.25, -0.2) is 21.9 Å². The molecule has 28 heavy (non-hydrogen) atoms. The molecule has 2 aromatic carbocycles. The van der Waals surface area contributed by atoms with E-state index in [1.165, 1.54) is 12.1 Å². The molecule has 0 bridgehead atoms. The van der Waals surface area contributed by atoms with Crippen LogP contribution < -0.4 is 15.0 Å². The van der Waals surface area contributed by atoms with Gasteiger partial charge in [-0.15, -0.1) is 11.8 Å². The molecular weight excluding hydrogens is 410 g/mol. The maximum absolute atomic E-state index is 14.0. The number of halogens is 2. The number of amides is 1. The number of hydrogen-bond acceptors (Lipinski definition) is 5. The number of hydrogen-bond donors (Lipinski definition) is 2. The fourth-order valence-electron chi connectivity index (χ4n) is 1.96. The van der Waals surface area contributed by atoms with Crippen LogP contribution in [0.15, 0.2) is 52.3 Å². The van der Waals surface area contributed by atoms with Crippen LogP contribution in [0.5, 0.6) is 5.75 Å². The lowest BCUT2D eigenvalue weighted by molar-refractivity contribution is -0.130. The molecule has 0 radical (unpaired) electrons. The van der Waals surface area contributed by atoms with Gasteiger partial charge in [0.2, 0.25) is 15.8 Å². The summed E-state index contributed by atoms with van der Waals surface area (Å²) in [6.07, 6.45) is 0. The predicted octanol–water partition coefficient (Wildman–Crippen LogP) is 3.10. The summed E-state index contributed by atoms with van der Waals surface area (Å²) in [6, 6.07) is 9.98. The van der Waals surface area contributed by atoms with Gasteiger partial charge in [-0.05, 0) is 24.3 Å². The van der Waals surface area contributed by atoms with Gasteiger partial charge in [0.05, 0.1) is 4.90 Å². The molecule has 2 rings (SSSR count). The Hall–Kier alpha value is -2.17. The van der Waals surface area contributed by atoms with Crippen molar-refractivity contribution in [1.82, 2.24) is 10.2 Å². The Balaban J connectivity index is 1.90. The number of thioether (sulfide) groups is 1. The second kappa shape index (κ2) is 9.85. The molecule has 0 saturated carbocycles. The quantitative estimate of drug-likeness (QED) is 0.363. The number of benzene rings is 2. The van der Waals surface area contributed by atoms with E-state index in [4.69, 9.17) is 4.84 Å². The van der Waals surface area contributed by atoms with Crippen LogP contribution in [0.3, 0.4) is 0 Å². The zero-order chi connectivity index (χ0) is 20.7. The van der Waals surface area contributed by atoms with E-state index in [9.17, 15) is 22.0 Å². The monoisotopic (exact) mass is 430 g/mol. The Morgan fingerprint density at radius 2 is 1.75 bits per heavy atom. The highest BCUT2D eigenvalue weighted by Crippen LogP contribution is 2.28. The summed E-state index contributed by atoms with van der Waals surface area (Å²) in [4.78, 5) is 16.5. The number of nitrogens with one attached hydrogen (secondary N) is 2. The summed E-state index contributed by atoms with van der Waals surface area (Å²) < 4.78 is 54.7. The summed E-state index contributed by atoms with van der Waals surface area (Å²) in [5.41, 5.74) is 1.98. The largest absolute Gasteiger partial charge is 0.373 e. The average molecular weight is 430 g/mol. The van der Waals surface area contributed by atoms with Crippen molar-refractivity contribution < 1.29 is 26.8 Å². The van der Waals surface area contributed by atoms with Crippen LogP contribution in [-0.2, 0) is 14.8 Å². The van der Waals surface area contributed by atoms with Crippen molar-refractivity contribution in [2.75, 3.05) is 12.3 Å². The highest BCUT2D eigenvalue weighted by atomic mass is 32.2. The van der Waals surface area contributed by atoms with Gasteiger partial charge in [0.15, 0.2) is 11.6 Å². The number of hydroxylamine groups is 1. The maximum atomic E-state index is 14.0. The van der Waals surface area contributed by atoms with Gasteiger partial charge in [-0.1, -0.05) is 32.0 Å². The number of carbonyl (C=O) groups excluding carboxylic acids is 1. The van der Waals surface area contributed by atoms with Crippen LogP contribution in [0.2, 0.25) is 0 Å². The van der Waals surface area contributed by atoms with Crippen LogP contribution in [0, 0.1) is 17.6 Å². The third-order valence-electron chi connectivity index (χ3n) is 3.47. The fourth-order valence-corrected chi connectivity index (χ4v) is 3.96. The Morgan fingerprint density at radius 1 is 1.14 bits per heavy atom. The molecule has 2 aromatic rings. The fraction of sp³-hybridized carbons (Fsp3) is 0.278. The zero-order valence-corrected chi connectivity index (χ0v) is 16.9. The number of carbonyl (C=O) groups is 1. The number of rotatable bonds is 9. The third-order valence-corrected chi connectivity index (χ3v) is 5.92. The minimum Gasteiger partial charge on any atom is -0.373 e. The summed E-state index contributed by atoms with van der Waals surface area (Å²) in [6.45, 7) is 3.29. The van der Waals surface area contributed by atoms with Gasteiger partial charge >= 0.3 is 0 Å². The van der Waals surface area contributed by atoms with E-state index >= 15 is 0 Å². The molecule has 0 saturated heterocycles. The Labute approximate surface area is 166 Å². The third kappa shape index (κ3) is 6.18. The summed E-state index contributed by atoms with van der Waals surface area (Å²) in [5.74, 6) is -3.31. The molecule has 10 heteroatoms. The van der Waals surface area contributed by atoms with Crippen molar-refractivity contribution in [3.8, 4) is 5.75 Å². The van der Waals surface area contributed by atoms with Gasteiger partial charge in [0.1, 0.15) is 0 Å². The molecule has 0 atom stereocenters. The lowest BCUT2D eigenvalue weighted by Gasteiger charge is -2.11. The molecule has 152 valence electrons. The Morgan fingerprint density at radius 3 is 2.32 bits per heavy atom. The first-order chi connectivity index (χ1) is 13.2. The predicted molar refractivity (Wildman–Crippen MR) is 102 cm³/mol. The minimum atomic E-state index is -3.63. The van der Waals surface area contributed by atoms with E-state index < -0.39 is 39.2 Å². The van der Waals surface area contributed by atoms with E-state index in [2.05, 4.69) is 4.72 Å². The van der Waals surface area contributed by atoms with Crippen LogP contribution in [0.25, 0.3) is 0 Å². The van der Waals surface area contributed by atoms with Gasteiger partial charge in [0, 0.05) is 23.1 Å². The van der Waals surface area contributed by atoms with Crippen LogP contribution in [0.1, 0.15) is 13.8 Å². The van der Waals surface area contributed by atoms with Gasteiger partial charge < -0.3 is 4.84 Å². The van der Waals surface area contributed by atoms with E-state index in [0.717, 1.165) is 23.9 Å². The molecule has 0 aliphatic heterocycles. The molecule has 2 N–H and O–H groups in total. The van der Waals surface area contributed by atoms with Gasteiger partial charge in [0.25, 0.3) is 5.91 Å².